The predicted octanol–water partition coefficient (Wildman–Crippen LogP) is 2.33. The fourth-order valence-corrected chi connectivity index (χ4v) is 2.51. The van der Waals surface area contributed by atoms with Gasteiger partial charge in [0.2, 0.25) is 5.91 Å². The van der Waals surface area contributed by atoms with Gasteiger partial charge in [0.05, 0.1) is 7.11 Å². The third kappa shape index (κ3) is 3.46. The smallest absolute Gasteiger partial charge is 0.258 e. The van der Waals surface area contributed by atoms with E-state index in [-0.39, 0.29) is 18.0 Å². The van der Waals surface area contributed by atoms with Gasteiger partial charge in [0.1, 0.15) is 12.3 Å². The molecule has 0 spiro atoms. The number of nitrogens with one attached hydrogen (secondary N) is 1. The molecule has 5 nitrogen and oxygen atoms in total. The molecule has 0 saturated carbocycles. The van der Waals surface area contributed by atoms with Gasteiger partial charge < -0.3 is 14.6 Å². The van der Waals surface area contributed by atoms with Crippen molar-refractivity contribution in [3.8, 4) is 5.75 Å². The summed E-state index contributed by atoms with van der Waals surface area (Å²) in [4.78, 5) is 24.5. The zero-order chi connectivity index (χ0) is 16.9. The van der Waals surface area contributed by atoms with E-state index in [9.17, 15) is 9.59 Å². The number of nitrogens with zero attached hydrogens (tertiary/aromatic N) is 1. The molecular weight excluding hydrogens is 304 g/mol. The summed E-state index contributed by atoms with van der Waals surface area (Å²) in [5.74, 6) is 0.566. The van der Waals surface area contributed by atoms with E-state index in [1.165, 1.54) is 4.57 Å². The van der Waals surface area contributed by atoms with E-state index in [4.69, 9.17) is 4.74 Å². The number of aromatic nitrogens is 1. The Labute approximate surface area is 139 Å². The van der Waals surface area contributed by atoms with E-state index in [1.807, 2.05) is 48.5 Å². The molecule has 0 saturated heterocycles. The largest absolute Gasteiger partial charge is 0.497 e. The normalized spacial score (nSPS) is 10.5. The number of ether oxygens (including phenoxy) is 1. The number of rotatable bonds is 5. The van der Waals surface area contributed by atoms with Crippen LogP contribution in [0.25, 0.3) is 10.8 Å². The van der Waals surface area contributed by atoms with Crippen LogP contribution >= 0.6 is 0 Å². The molecular formula is C19H18N2O3. The van der Waals surface area contributed by atoms with Gasteiger partial charge in [-0.15, -0.1) is 0 Å². The molecule has 0 radical (unpaired) electrons. The van der Waals surface area contributed by atoms with Crippen molar-refractivity contribution in [2.75, 3.05) is 7.11 Å². The number of benzene rings is 2. The number of pyridine rings is 1. The number of carbonyl (C=O) groups excluding carboxylic acids is 1. The quantitative estimate of drug-likeness (QED) is 0.784. The maximum atomic E-state index is 12.4. The fraction of sp³-hybridized carbons (Fsp3) is 0.158. The van der Waals surface area contributed by atoms with Crippen LogP contribution in [0.15, 0.2) is 65.6 Å². The van der Waals surface area contributed by atoms with Crippen molar-refractivity contribution in [3.05, 3.63) is 76.7 Å². The molecule has 0 atom stereocenters. The molecule has 1 heterocycles. The van der Waals surface area contributed by atoms with Gasteiger partial charge in [0, 0.05) is 18.1 Å². The molecule has 0 fully saturated rings. The summed E-state index contributed by atoms with van der Waals surface area (Å²) in [6.07, 6.45) is 1.65. The third-order valence-corrected chi connectivity index (χ3v) is 3.85. The number of amides is 1. The van der Waals surface area contributed by atoms with Crippen molar-refractivity contribution in [2.45, 2.75) is 13.1 Å². The highest BCUT2D eigenvalue weighted by molar-refractivity contribution is 5.82. The first-order valence-electron chi connectivity index (χ1n) is 7.65. The molecule has 0 bridgehead atoms. The molecule has 1 aromatic heterocycles. The number of hydrogen-bond acceptors (Lipinski definition) is 3. The van der Waals surface area contributed by atoms with Gasteiger partial charge in [0.25, 0.3) is 5.56 Å². The van der Waals surface area contributed by atoms with Gasteiger partial charge in [0.15, 0.2) is 0 Å². The van der Waals surface area contributed by atoms with Crippen molar-refractivity contribution in [1.82, 2.24) is 9.88 Å². The molecule has 0 aliphatic carbocycles. The van der Waals surface area contributed by atoms with Gasteiger partial charge in [-0.25, -0.2) is 0 Å². The van der Waals surface area contributed by atoms with E-state index >= 15 is 0 Å². The van der Waals surface area contributed by atoms with Gasteiger partial charge in [-0.05, 0) is 35.2 Å². The lowest BCUT2D eigenvalue weighted by molar-refractivity contribution is -0.121. The van der Waals surface area contributed by atoms with Crippen LogP contribution in [0.4, 0.5) is 0 Å². The minimum absolute atomic E-state index is 0.000176. The van der Waals surface area contributed by atoms with Crippen molar-refractivity contribution >= 4 is 16.7 Å². The zero-order valence-electron chi connectivity index (χ0n) is 13.4. The summed E-state index contributed by atoms with van der Waals surface area (Å²) in [5.41, 5.74) is 0.808. The third-order valence-electron chi connectivity index (χ3n) is 3.85. The molecule has 0 aliphatic rings. The number of fused-ring (bicyclic) bond motifs is 1. The summed E-state index contributed by atoms with van der Waals surface area (Å²) in [6, 6.07) is 16.7. The van der Waals surface area contributed by atoms with Crippen LogP contribution in [0, 0.1) is 0 Å². The van der Waals surface area contributed by atoms with Gasteiger partial charge >= 0.3 is 0 Å². The number of carbonyl (C=O) groups is 1. The van der Waals surface area contributed by atoms with E-state index in [0.29, 0.717) is 11.9 Å². The standard InChI is InChI=1S/C19H18N2O3/c1-24-16-8-6-14(7-9-16)12-20-18(22)13-21-11-10-15-4-2-3-5-17(15)19(21)23/h2-11H,12-13H2,1H3,(H,20,22). The minimum Gasteiger partial charge on any atom is -0.497 e. The molecule has 1 N–H and O–H groups in total. The zero-order valence-corrected chi connectivity index (χ0v) is 13.4. The van der Waals surface area contributed by atoms with Crippen LogP contribution in [0.2, 0.25) is 0 Å². The highest BCUT2D eigenvalue weighted by Crippen LogP contribution is 2.11. The Kier molecular flexibility index (Phi) is 4.61. The van der Waals surface area contributed by atoms with Crippen molar-refractivity contribution in [3.63, 3.8) is 0 Å². The molecule has 3 aromatic rings. The fourth-order valence-electron chi connectivity index (χ4n) is 2.51. The Morgan fingerprint density at radius 1 is 1.08 bits per heavy atom. The average Bonchev–Trinajstić information content (AvgIpc) is 2.63. The molecule has 0 unspecified atom stereocenters. The Balaban J connectivity index is 1.66. The van der Waals surface area contributed by atoms with Crippen LogP contribution in [0.3, 0.4) is 0 Å². The lowest BCUT2D eigenvalue weighted by Gasteiger charge is -2.09. The number of methoxy groups -OCH3 is 1. The first-order chi connectivity index (χ1) is 11.7. The van der Waals surface area contributed by atoms with Crippen LogP contribution < -0.4 is 15.6 Å². The number of hydrogen-bond donors (Lipinski definition) is 1. The summed E-state index contributed by atoms with van der Waals surface area (Å²) in [5, 5.41) is 4.31. The second kappa shape index (κ2) is 7.00. The van der Waals surface area contributed by atoms with Crippen LogP contribution in [-0.4, -0.2) is 17.6 Å². The maximum Gasteiger partial charge on any atom is 0.258 e. The maximum absolute atomic E-state index is 12.4. The van der Waals surface area contributed by atoms with Crippen LogP contribution in [-0.2, 0) is 17.9 Å². The molecule has 3 rings (SSSR count). The molecule has 2 aromatic carbocycles. The SMILES string of the molecule is COc1ccc(CNC(=O)Cn2ccc3ccccc3c2=O)cc1. The Morgan fingerprint density at radius 2 is 1.83 bits per heavy atom. The van der Waals surface area contributed by atoms with E-state index < -0.39 is 0 Å². The molecule has 122 valence electrons. The van der Waals surface area contributed by atoms with Gasteiger partial charge in [-0.3, -0.25) is 9.59 Å². The lowest BCUT2D eigenvalue weighted by atomic mass is 10.2. The second-order valence-electron chi connectivity index (χ2n) is 5.46. The summed E-state index contributed by atoms with van der Waals surface area (Å²) in [6.45, 7) is 0.408. The summed E-state index contributed by atoms with van der Waals surface area (Å²) in [7, 11) is 1.61. The van der Waals surface area contributed by atoms with Gasteiger partial charge in [-0.1, -0.05) is 30.3 Å². The summed E-state index contributed by atoms with van der Waals surface area (Å²) >= 11 is 0. The molecule has 5 heteroatoms. The van der Waals surface area contributed by atoms with Crippen LogP contribution in [0.5, 0.6) is 5.75 Å². The topological polar surface area (TPSA) is 60.3 Å². The second-order valence-corrected chi connectivity index (χ2v) is 5.46. The Morgan fingerprint density at radius 3 is 2.58 bits per heavy atom. The van der Waals surface area contributed by atoms with Crippen molar-refractivity contribution in [2.24, 2.45) is 0 Å². The van der Waals surface area contributed by atoms with E-state index in [1.54, 1.807) is 19.4 Å². The van der Waals surface area contributed by atoms with Crippen molar-refractivity contribution in [1.29, 1.82) is 0 Å². The molecule has 1 amide bonds. The molecule has 24 heavy (non-hydrogen) atoms. The monoisotopic (exact) mass is 322 g/mol. The van der Waals surface area contributed by atoms with E-state index in [2.05, 4.69) is 5.32 Å². The van der Waals surface area contributed by atoms with E-state index in [0.717, 1.165) is 16.7 Å². The van der Waals surface area contributed by atoms with Crippen molar-refractivity contribution < 1.29 is 9.53 Å². The van der Waals surface area contributed by atoms with Crippen LogP contribution in [0.1, 0.15) is 5.56 Å². The lowest BCUT2D eigenvalue weighted by Crippen LogP contribution is -2.31. The Hall–Kier alpha value is -3.08. The first-order valence-corrected chi connectivity index (χ1v) is 7.65. The first kappa shape index (κ1) is 15.8. The highest BCUT2D eigenvalue weighted by Gasteiger charge is 2.07. The minimum atomic E-state index is -0.205. The predicted molar refractivity (Wildman–Crippen MR) is 93.0 cm³/mol. The average molecular weight is 322 g/mol. The van der Waals surface area contributed by atoms with Gasteiger partial charge in [-0.2, -0.15) is 0 Å². The summed E-state index contributed by atoms with van der Waals surface area (Å²) < 4.78 is 6.52. The highest BCUT2D eigenvalue weighted by atomic mass is 16.5. The molecule has 0 aliphatic heterocycles. The Bertz CT molecular complexity index is 914.